The molecule has 14 heteroatoms. The summed E-state index contributed by atoms with van der Waals surface area (Å²) in [6.07, 6.45) is -5.63. The fourth-order valence-electron chi connectivity index (χ4n) is 4.24. The van der Waals surface area contributed by atoms with Gasteiger partial charge in [-0.25, -0.2) is 26.6 Å². The average molecular weight is 563 g/mol. The fourth-order valence-corrected chi connectivity index (χ4v) is 5.31. The van der Waals surface area contributed by atoms with Gasteiger partial charge in [-0.2, -0.15) is 17.6 Å². The van der Waals surface area contributed by atoms with Crippen LogP contribution < -0.4 is 9.46 Å². The van der Waals surface area contributed by atoms with Crippen LogP contribution in [0.2, 0.25) is 0 Å². The second kappa shape index (κ2) is 10.8. The monoisotopic (exact) mass is 563 g/mol. The molecule has 0 unspecified atom stereocenters. The molecule has 2 heterocycles. The van der Waals surface area contributed by atoms with Gasteiger partial charge in [-0.1, -0.05) is 24.3 Å². The first-order valence-corrected chi connectivity index (χ1v) is 12.7. The van der Waals surface area contributed by atoms with Gasteiger partial charge in [0.2, 0.25) is 5.95 Å². The minimum atomic E-state index is -4.73. The van der Waals surface area contributed by atoms with Crippen LogP contribution in [0.25, 0.3) is 0 Å². The molecule has 0 bridgehead atoms. The predicted octanol–water partition coefficient (Wildman–Crippen LogP) is 5.24. The van der Waals surface area contributed by atoms with E-state index in [2.05, 4.69) is 4.98 Å². The van der Waals surface area contributed by atoms with Crippen molar-refractivity contribution in [1.29, 1.82) is 0 Å². The Labute approximate surface area is 213 Å². The Hall–Kier alpha value is -3.39. The van der Waals surface area contributed by atoms with E-state index in [4.69, 9.17) is 4.74 Å². The van der Waals surface area contributed by atoms with Gasteiger partial charge in [0.05, 0.1) is 6.54 Å². The standard InChI is InChI=1S/C24H20F7N3O3S/c25-16-5-2-1-4-14(16)15-12-34(13-24(29,30)31)9-8-19(15)37-20-10-18(27)21(11-17(20)26)38(35,36)33-23-7-3-6-22(28)32-23/h1-7,10-11,15,19H,8-9,12-13H2,(H,32,33)/t15-,19+/m1/s1. The first kappa shape index (κ1) is 27.6. The summed E-state index contributed by atoms with van der Waals surface area (Å²) in [7, 11) is -4.73. The van der Waals surface area contributed by atoms with Gasteiger partial charge < -0.3 is 4.74 Å². The zero-order chi connectivity index (χ0) is 27.7. The number of hydrogen-bond acceptors (Lipinski definition) is 5. The molecule has 3 aromatic rings. The van der Waals surface area contributed by atoms with Crippen molar-refractivity contribution in [3.8, 4) is 5.75 Å². The molecule has 0 radical (unpaired) electrons. The third kappa shape index (κ3) is 6.54. The second-order valence-corrected chi connectivity index (χ2v) is 10.2. The van der Waals surface area contributed by atoms with E-state index in [9.17, 15) is 39.2 Å². The van der Waals surface area contributed by atoms with Gasteiger partial charge in [-0.05, 0) is 30.2 Å². The lowest BCUT2D eigenvalue weighted by molar-refractivity contribution is -0.150. The topological polar surface area (TPSA) is 71.5 Å². The molecule has 1 N–H and O–H groups in total. The molecule has 1 aliphatic heterocycles. The Bertz CT molecular complexity index is 1420. The lowest BCUT2D eigenvalue weighted by Gasteiger charge is -2.39. The molecule has 1 fully saturated rings. The van der Waals surface area contributed by atoms with Crippen molar-refractivity contribution in [2.75, 3.05) is 24.4 Å². The SMILES string of the molecule is O=S(=O)(Nc1cccc(F)n1)c1cc(F)c(O[C@H]2CCN(CC(F)(F)F)C[C@@H]2c2ccccc2F)cc1F. The van der Waals surface area contributed by atoms with E-state index in [0.717, 1.165) is 29.2 Å². The first-order chi connectivity index (χ1) is 17.8. The zero-order valence-corrected chi connectivity index (χ0v) is 20.2. The number of nitrogens with zero attached hydrogens (tertiary/aromatic N) is 2. The summed E-state index contributed by atoms with van der Waals surface area (Å²) in [5.41, 5.74) is 0.0382. The molecule has 204 valence electrons. The molecular weight excluding hydrogens is 543 g/mol. The van der Waals surface area contributed by atoms with E-state index < -0.39 is 74.6 Å². The number of alkyl halides is 3. The van der Waals surface area contributed by atoms with Crippen molar-refractivity contribution in [3.05, 3.63) is 83.6 Å². The van der Waals surface area contributed by atoms with Crippen LogP contribution in [-0.4, -0.2) is 50.2 Å². The summed E-state index contributed by atoms with van der Waals surface area (Å²) in [6.45, 7) is -1.63. The normalized spacial score (nSPS) is 18.8. The lowest BCUT2D eigenvalue weighted by Crippen LogP contribution is -2.47. The number of ether oxygens (including phenoxy) is 1. The van der Waals surface area contributed by atoms with Gasteiger partial charge in [0.25, 0.3) is 10.0 Å². The Morgan fingerprint density at radius 1 is 0.974 bits per heavy atom. The molecule has 4 rings (SSSR count). The maximum atomic E-state index is 14.9. The van der Waals surface area contributed by atoms with Gasteiger partial charge in [-0.15, -0.1) is 0 Å². The van der Waals surface area contributed by atoms with Crippen LogP contribution in [0.3, 0.4) is 0 Å². The third-order valence-electron chi connectivity index (χ3n) is 5.85. The Morgan fingerprint density at radius 3 is 2.39 bits per heavy atom. The van der Waals surface area contributed by atoms with Crippen LogP contribution in [0, 0.1) is 23.4 Å². The zero-order valence-electron chi connectivity index (χ0n) is 19.4. The van der Waals surface area contributed by atoms with Crippen molar-refractivity contribution in [3.63, 3.8) is 0 Å². The van der Waals surface area contributed by atoms with E-state index in [1.807, 2.05) is 4.72 Å². The van der Waals surface area contributed by atoms with Gasteiger partial charge in [0.1, 0.15) is 28.5 Å². The van der Waals surface area contributed by atoms with E-state index in [-0.39, 0.29) is 25.1 Å². The largest absolute Gasteiger partial charge is 0.487 e. The number of halogens is 7. The van der Waals surface area contributed by atoms with Crippen LogP contribution in [0.5, 0.6) is 5.75 Å². The van der Waals surface area contributed by atoms with Gasteiger partial charge >= 0.3 is 6.18 Å². The summed E-state index contributed by atoms with van der Waals surface area (Å²) >= 11 is 0. The quantitative estimate of drug-likeness (QED) is 0.315. The molecule has 0 saturated carbocycles. The Balaban J connectivity index is 1.60. The van der Waals surface area contributed by atoms with Crippen molar-refractivity contribution >= 4 is 15.8 Å². The van der Waals surface area contributed by atoms with Crippen molar-refractivity contribution in [2.45, 2.75) is 29.5 Å². The summed E-state index contributed by atoms with van der Waals surface area (Å²) in [5, 5.41) is 0. The van der Waals surface area contributed by atoms with Crippen LogP contribution in [0.1, 0.15) is 17.9 Å². The fraction of sp³-hybridized carbons (Fsp3) is 0.292. The molecule has 1 aromatic heterocycles. The summed E-state index contributed by atoms with van der Waals surface area (Å²) in [5.74, 6) is -6.56. The van der Waals surface area contributed by atoms with Gasteiger partial charge in [-0.3, -0.25) is 9.62 Å². The number of pyridine rings is 1. The number of sulfonamides is 1. The smallest absolute Gasteiger partial charge is 0.401 e. The molecule has 6 nitrogen and oxygen atoms in total. The highest BCUT2D eigenvalue weighted by Crippen LogP contribution is 2.35. The molecule has 38 heavy (non-hydrogen) atoms. The molecule has 0 spiro atoms. The number of piperidine rings is 1. The number of benzene rings is 2. The highest BCUT2D eigenvalue weighted by molar-refractivity contribution is 7.92. The van der Waals surface area contributed by atoms with Crippen LogP contribution >= 0.6 is 0 Å². The molecule has 0 aliphatic carbocycles. The van der Waals surface area contributed by atoms with Crippen LogP contribution in [0.4, 0.5) is 36.6 Å². The van der Waals surface area contributed by atoms with Crippen LogP contribution in [0.15, 0.2) is 59.5 Å². The summed E-state index contributed by atoms with van der Waals surface area (Å²) in [6, 6.07) is 9.40. The van der Waals surface area contributed by atoms with E-state index in [1.165, 1.54) is 18.2 Å². The van der Waals surface area contributed by atoms with Gasteiger partial charge in [0.15, 0.2) is 11.6 Å². The minimum absolute atomic E-state index is 0.0382. The second-order valence-electron chi connectivity index (χ2n) is 8.59. The highest BCUT2D eigenvalue weighted by Gasteiger charge is 2.39. The summed E-state index contributed by atoms with van der Waals surface area (Å²) < 4.78 is 129. The Kier molecular flexibility index (Phi) is 7.83. The van der Waals surface area contributed by atoms with E-state index in [0.29, 0.717) is 12.1 Å². The minimum Gasteiger partial charge on any atom is -0.487 e. The molecular formula is C24H20F7N3O3S. The summed E-state index contributed by atoms with van der Waals surface area (Å²) in [4.78, 5) is 3.25. The first-order valence-electron chi connectivity index (χ1n) is 11.2. The molecule has 1 saturated heterocycles. The van der Waals surface area contributed by atoms with E-state index in [1.54, 1.807) is 0 Å². The number of likely N-dealkylation sites (tertiary alicyclic amines) is 1. The maximum absolute atomic E-state index is 14.9. The number of nitrogens with one attached hydrogen (secondary N) is 1. The van der Waals surface area contributed by atoms with Crippen LogP contribution in [-0.2, 0) is 10.0 Å². The third-order valence-corrected chi connectivity index (χ3v) is 7.22. The molecule has 2 atom stereocenters. The Morgan fingerprint density at radius 2 is 1.71 bits per heavy atom. The number of aromatic nitrogens is 1. The van der Waals surface area contributed by atoms with E-state index >= 15 is 0 Å². The van der Waals surface area contributed by atoms with Crippen molar-refractivity contribution in [1.82, 2.24) is 9.88 Å². The lowest BCUT2D eigenvalue weighted by atomic mass is 9.87. The highest BCUT2D eigenvalue weighted by atomic mass is 32.2. The average Bonchev–Trinajstić information content (AvgIpc) is 2.81. The molecule has 1 aliphatic rings. The number of hydrogen-bond donors (Lipinski definition) is 1. The predicted molar refractivity (Wildman–Crippen MR) is 122 cm³/mol. The number of anilines is 1. The van der Waals surface area contributed by atoms with Crippen molar-refractivity contribution < 1.29 is 43.9 Å². The number of rotatable bonds is 7. The van der Waals surface area contributed by atoms with Crippen molar-refractivity contribution in [2.24, 2.45) is 0 Å². The molecule has 0 amide bonds. The molecule has 2 aromatic carbocycles. The van der Waals surface area contributed by atoms with Gasteiger partial charge in [0, 0.05) is 31.1 Å². The maximum Gasteiger partial charge on any atom is 0.401 e.